The second kappa shape index (κ2) is 32.9. The maximum atomic E-state index is 13.1. The third kappa shape index (κ3) is 26.5. The van der Waals surface area contributed by atoms with Crippen molar-refractivity contribution >= 4 is 70.3 Å². The molecule has 1 heterocycles. The van der Waals surface area contributed by atoms with E-state index in [4.69, 9.17) is 23.9 Å². The highest BCUT2D eigenvalue weighted by Gasteiger charge is 2.42. The Morgan fingerprint density at radius 1 is 0.667 bits per heavy atom. The summed E-state index contributed by atoms with van der Waals surface area (Å²) in [5.41, 5.74) is -0.707. The third-order valence-electron chi connectivity index (χ3n) is 12.4. The molecular formula is C47H78N6O18S. The normalized spacial score (nSPS) is 18.4. The summed E-state index contributed by atoms with van der Waals surface area (Å²) in [6.45, 7) is 10.2. The minimum Gasteiger partial charge on any atom is -0.481 e. The molecule has 1 saturated heterocycles. The van der Waals surface area contributed by atoms with E-state index in [0.29, 0.717) is 71.1 Å². The topological polar surface area (TPSA) is 360 Å². The van der Waals surface area contributed by atoms with E-state index in [9.17, 15) is 62.4 Å². The number of hydrogen-bond donors (Lipinski definition) is 9. The largest absolute Gasteiger partial charge is 0.481 e. The number of aliphatic carboxylic acids is 3. The Morgan fingerprint density at radius 2 is 1.22 bits per heavy atom. The molecule has 4 atom stereocenters. The summed E-state index contributed by atoms with van der Waals surface area (Å²) in [6, 6.07) is -2.59. The first kappa shape index (κ1) is 63.0. The van der Waals surface area contributed by atoms with Crippen molar-refractivity contribution in [2.45, 2.75) is 148 Å². The Bertz CT molecular complexity index is 1860. The van der Waals surface area contributed by atoms with Gasteiger partial charge in [0.05, 0.1) is 39.3 Å². The van der Waals surface area contributed by atoms with Gasteiger partial charge in [0.2, 0.25) is 41.4 Å². The number of likely N-dealkylation sites (tertiary alicyclic amines) is 1. The SMILES string of the molecule is CC(C)(CCC(C)(C)CC(=O)NCC1CCC(C(=O)NC(CCC(=O)NC(CCC(=O)O)C(=O)NCCCOCCOCCOCCCNC(=O)CCN2C(=O)CC(S(=O)O)C2=O)C(=O)O)CC1)CC(=O)O. The molecule has 0 aromatic carbocycles. The molecule has 0 aromatic rings. The van der Waals surface area contributed by atoms with Crippen molar-refractivity contribution in [3.05, 3.63) is 0 Å². The summed E-state index contributed by atoms with van der Waals surface area (Å²) >= 11 is -2.45. The zero-order valence-electron chi connectivity index (χ0n) is 42.1. The first-order chi connectivity index (χ1) is 33.9. The minimum atomic E-state index is -2.45. The molecule has 72 heavy (non-hydrogen) atoms. The lowest BCUT2D eigenvalue weighted by molar-refractivity contribution is -0.143. The lowest BCUT2D eigenvalue weighted by Gasteiger charge is -2.31. The number of carbonyl (C=O) groups is 10. The Kier molecular flexibility index (Phi) is 28.8. The number of rotatable bonds is 38. The van der Waals surface area contributed by atoms with Gasteiger partial charge in [0.25, 0.3) is 0 Å². The van der Waals surface area contributed by atoms with Gasteiger partial charge in [-0.3, -0.25) is 48.1 Å². The minimum absolute atomic E-state index is 0.0503. The lowest BCUT2D eigenvalue weighted by Crippen LogP contribution is -2.48. The van der Waals surface area contributed by atoms with E-state index in [1.54, 1.807) is 0 Å². The van der Waals surface area contributed by atoms with Crippen LogP contribution >= 0.6 is 0 Å². The van der Waals surface area contributed by atoms with Gasteiger partial charge >= 0.3 is 17.9 Å². The van der Waals surface area contributed by atoms with Gasteiger partial charge < -0.3 is 60.7 Å². The Labute approximate surface area is 423 Å². The number of hydrogen-bond acceptors (Lipinski definition) is 14. The molecule has 0 radical (unpaired) electrons. The Hall–Kier alpha value is -5.11. The molecule has 7 amide bonds. The second-order valence-electron chi connectivity index (χ2n) is 19.9. The molecule has 24 nitrogen and oxygen atoms in total. The van der Waals surface area contributed by atoms with Gasteiger partial charge in [0.15, 0.2) is 11.1 Å². The third-order valence-corrected chi connectivity index (χ3v) is 13.3. The van der Waals surface area contributed by atoms with Crippen LogP contribution in [0.25, 0.3) is 0 Å². The highest BCUT2D eigenvalue weighted by atomic mass is 32.2. The number of nitrogens with zero attached hydrogens (tertiary/aromatic N) is 1. The van der Waals surface area contributed by atoms with Crippen molar-refractivity contribution in [2.24, 2.45) is 22.7 Å². The molecule has 2 rings (SSSR count). The second-order valence-corrected chi connectivity index (χ2v) is 21.0. The number of carboxylic acids is 3. The van der Waals surface area contributed by atoms with Crippen molar-refractivity contribution in [3.63, 3.8) is 0 Å². The average molecular weight is 1050 g/mol. The average Bonchev–Trinajstić information content (AvgIpc) is 3.59. The number of ether oxygens (including phenoxy) is 3. The molecule has 0 aromatic heterocycles. The van der Waals surface area contributed by atoms with Crippen LogP contribution in [0, 0.1) is 22.7 Å². The first-order valence-corrected chi connectivity index (χ1v) is 25.8. The van der Waals surface area contributed by atoms with E-state index in [2.05, 4.69) is 26.6 Å². The molecule has 1 aliphatic heterocycles. The van der Waals surface area contributed by atoms with E-state index in [0.717, 1.165) is 4.90 Å². The molecule has 0 bridgehead atoms. The Morgan fingerprint density at radius 3 is 1.76 bits per heavy atom. The van der Waals surface area contributed by atoms with E-state index in [1.807, 2.05) is 27.7 Å². The standard InChI is InChI=1S/C47H78N6O18S/c1-46(2,16-17-47(3,4)29-41(60)61)28-38(56)50-30-31-7-9-32(10-8-31)42(62)52-34(45(65)66)11-13-37(55)51-33(12-14-40(58)59)43(63)49-19-6-22-70-24-26-71-25-23-69-21-5-18-48-36(54)15-20-53-39(57)27-35(44(53)64)72(67)68/h31-35H,5-30H2,1-4H3,(H,48,54)(H,49,63)(H,50,56)(H,51,55)(H,52,62)(H,58,59)(H,60,61)(H,65,66)(H,67,68). The zero-order chi connectivity index (χ0) is 53.9. The summed E-state index contributed by atoms with van der Waals surface area (Å²) in [5, 5.41) is 40.2. The van der Waals surface area contributed by atoms with E-state index in [-0.39, 0.29) is 120 Å². The van der Waals surface area contributed by atoms with Crippen LogP contribution in [-0.2, 0) is 73.2 Å². The van der Waals surface area contributed by atoms with Gasteiger partial charge in [-0.1, -0.05) is 27.7 Å². The van der Waals surface area contributed by atoms with Gasteiger partial charge in [-0.15, -0.1) is 0 Å². The summed E-state index contributed by atoms with van der Waals surface area (Å²) in [6.07, 6.45) is 3.07. The fourth-order valence-electron chi connectivity index (χ4n) is 8.07. The van der Waals surface area contributed by atoms with E-state index >= 15 is 0 Å². The van der Waals surface area contributed by atoms with Crippen LogP contribution in [0.15, 0.2) is 0 Å². The molecule has 1 aliphatic carbocycles. The van der Waals surface area contributed by atoms with Gasteiger partial charge in [-0.05, 0) is 81.0 Å². The number of carbonyl (C=O) groups excluding carboxylic acids is 7. The molecule has 25 heteroatoms. The maximum absolute atomic E-state index is 13.1. The van der Waals surface area contributed by atoms with Crippen LogP contribution in [0.2, 0.25) is 0 Å². The first-order valence-electron chi connectivity index (χ1n) is 24.6. The van der Waals surface area contributed by atoms with Crippen molar-refractivity contribution in [1.29, 1.82) is 0 Å². The van der Waals surface area contributed by atoms with E-state index < -0.39 is 88.2 Å². The van der Waals surface area contributed by atoms with Crippen LogP contribution in [0.3, 0.4) is 0 Å². The number of carboxylic acid groups (broad SMARTS) is 3. The van der Waals surface area contributed by atoms with Crippen molar-refractivity contribution in [2.75, 3.05) is 65.8 Å². The fraction of sp³-hybridized carbons (Fsp3) is 0.787. The number of imide groups is 1. The Balaban J connectivity index is 1.59. The highest BCUT2D eigenvalue weighted by molar-refractivity contribution is 7.80. The summed E-state index contributed by atoms with van der Waals surface area (Å²) < 4.78 is 36.7. The molecule has 2 fully saturated rings. The van der Waals surface area contributed by atoms with Crippen LogP contribution in [0.4, 0.5) is 0 Å². The molecule has 1 saturated carbocycles. The fourth-order valence-corrected chi connectivity index (χ4v) is 8.66. The van der Waals surface area contributed by atoms with Gasteiger partial charge in [-0.25, -0.2) is 9.00 Å². The van der Waals surface area contributed by atoms with Gasteiger partial charge in [0, 0.05) is 71.0 Å². The number of amides is 7. The summed E-state index contributed by atoms with van der Waals surface area (Å²) in [7, 11) is 0. The molecule has 0 spiro atoms. The van der Waals surface area contributed by atoms with Crippen LogP contribution in [0.5, 0.6) is 0 Å². The molecule has 410 valence electrons. The zero-order valence-corrected chi connectivity index (χ0v) is 42.9. The maximum Gasteiger partial charge on any atom is 0.326 e. The molecule has 4 unspecified atom stereocenters. The predicted octanol–water partition coefficient (Wildman–Crippen LogP) is 1.11. The van der Waals surface area contributed by atoms with Gasteiger partial charge in [-0.2, -0.15) is 0 Å². The molecule has 2 aliphatic rings. The summed E-state index contributed by atoms with van der Waals surface area (Å²) in [5.74, 6) is -7.31. The number of nitrogens with one attached hydrogen (secondary N) is 5. The predicted molar refractivity (Wildman–Crippen MR) is 258 cm³/mol. The smallest absolute Gasteiger partial charge is 0.326 e. The van der Waals surface area contributed by atoms with E-state index in [1.165, 1.54) is 0 Å². The monoisotopic (exact) mass is 1050 g/mol. The van der Waals surface area contributed by atoms with Crippen molar-refractivity contribution in [3.8, 4) is 0 Å². The van der Waals surface area contributed by atoms with Crippen molar-refractivity contribution in [1.82, 2.24) is 31.5 Å². The van der Waals surface area contributed by atoms with Gasteiger partial charge in [0.1, 0.15) is 17.3 Å². The quantitative estimate of drug-likeness (QED) is 0.0238. The van der Waals surface area contributed by atoms with Crippen LogP contribution in [-0.4, -0.2) is 171 Å². The molecular weight excluding hydrogens is 969 g/mol. The van der Waals surface area contributed by atoms with Crippen LogP contribution in [0.1, 0.15) is 130 Å². The highest BCUT2D eigenvalue weighted by Crippen LogP contribution is 2.35. The van der Waals surface area contributed by atoms with Crippen LogP contribution < -0.4 is 26.6 Å². The molecule has 9 N–H and O–H groups in total. The van der Waals surface area contributed by atoms with Crippen molar-refractivity contribution < 1.29 is 86.2 Å². The lowest BCUT2D eigenvalue weighted by atomic mass is 9.76. The summed E-state index contributed by atoms with van der Waals surface area (Å²) in [4.78, 5) is 123.